The molecule has 0 unspecified atom stereocenters. The summed E-state index contributed by atoms with van der Waals surface area (Å²) in [5, 5.41) is 8.34. The first-order chi connectivity index (χ1) is 9.70. The molecular weight excluding hydrogens is 317 g/mol. The lowest BCUT2D eigenvalue weighted by atomic mass is 10.1. The van der Waals surface area contributed by atoms with Crippen molar-refractivity contribution in [2.24, 2.45) is 0 Å². The van der Waals surface area contributed by atoms with E-state index in [4.69, 9.17) is 26.2 Å². The molecule has 1 N–H and O–H groups in total. The number of carboxylic acid groups (broad SMARTS) is 1. The van der Waals surface area contributed by atoms with E-state index in [-0.39, 0.29) is 22.1 Å². The second kappa shape index (κ2) is 6.86. The van der Waals surface area contributed by atoms with Gasteiger partial charge in [0, 0.05) is 0 Å². The normalized spacial score (nSPS) is 12.9. The minimum absolute atomic E-state index is 0.0202. The number of halogens is 4. The lowest BCUT2D eigenvalue weighted by molar-refractivity contribution is -0.225. The number of alkyl halides is 3. The van der Waals surface area contributed by atoms with Gasteiger partial charge in [0.2, 0.25) is 0 Å². The van der Waals surface area contributed by atoms with Crippen molar-refractivity contribution in [3.8, 4) is 11.5 Å². The highest BCUT2D eigenvalue weighted by Crippen LogP contribution is 2.42. The van der Waals surface area contributed by atoms with Crippen LogP contribution in [0.1, 0.15) is 11.7 Å². The number of methoxy groups -OCH3 is 2. The summed E-state index contributed by atoms with van der Waals surface area (Å²) in [6.45, 7) is -1.10. The second-order valence-corrected chi connectivity index (χ2v) is 4.27. The van der Waals surface area contributed by atoms with Gasteiger partial charge >= 0.3 is 12.1 Å². The topological polar surface area (TPSA) is 65.0 Å². The van der Waals surface area contributed by atoms with Gasteiger partial charge in [-0.15, -0.1) is 0 Å². The van der Waals surface area contributed by atoms with Crippen molar-refractivity contribution >= 4 is 17.6 Å². The molecule has 0 bridgehead atoms. The quantitative estimate of drug-likeness (QED) is 0.869. The predicted octanol–water partition coefficient (Wildman–Crippen LogP) is 3.06. The zero-order chi connectivity index (χ0) is 16.2. The van der Waals surface area contributed by atoms with E-state index in [1.165, 1.54) is 14.2 Å². The Morgan fingerprint density at radius 1 is 1.33 bits per heavy atom. The fraction of sp³-hybridized carbons (Fsp3) is 0.417. The third-order valence-electron chi connectivity index (χ3n) is 2.43. The Balaban J connectivity index is 3.24. The van der Waals surface area contributed by atoms with Crippen LogP contribution in [0.25, 0.3) is 0 Å². The minimum Gasteiger partial charge on any atom is -0.493 e. The molecule has 1 atom stereocenters. The molecule has 0 aliphatic carbocycles. The Morgan fingerprint density at radius 3 is 2.38 bits per heavy atom. The van der Waals surface area contributed by atoms with E-state index in [2.05, 4.69) is 4.74 Å². The van der Waals surface area contributed by atoms with Crippen LogP contribution in [0.15, 0.2) is 12.1 Å². The van der Waals surface area contributed by atoms with Gasteiger partial charge < -0.3 is 19.3 Å². The van der Waals surface area contributed by atoms with Crippen molar-refractivity contribution < 1.29 is 37.3 Å². The average Bonchev–Trinajstić information content (AvgIpc) is 2.36. The van der Waals surface area contributed by atoms with Gasteiger partial charge in [0.1, 0.15) is 6.61 Å². The van der Waals surface area contributed by atoms with Crippen LogP contribution in [0.2, 0.25) is 5.02 Å². The van der Waals surface area contributed by atoms with Crippen LogP contribution in [0.4, 0.5) is 13.2 Å². The van der Waals surface area contributed by atoms with Crippen LogP contribution < -0.4 is 9.47 Å². The van der Waals surface area contributed by atoms with Crippen molar-refractivity contribution in [1.29, 1.82) is 0 Å². The van der Waals surface area contributed by atoms with Crippen LogP contribution in [-0.2, 0) is 9.53 Å². The summed E-state index contributed by atoms with van der Waals surface area (Å²) < 4.78 is 53.1. The fourth-order valence-corrected chi connectivity index (χ4v) is 1.92. The first-order valence-corrected chi connectivity index (χ1v) is 5.90. The van der Waals surface area contributed by atoms with E-state index in [0.29, 0.717) is 0 Å². The summed E-state index contributed by atoms with van der Waals surface area (Å²) in [7, 11) is 2.52. The molecule has 1 rings (SSSR count). The molecular formula is C12H12ClF3O5. The highest BCUT2D eigenvalue weighted by atomic mass is 35.5. The van der Waals surface area contributed by atoms with E-state index >= 15 is 0 Å². The monoisotopic (exact) mass is 328 g/mol. The second-order valence-electron chi connectivity index (χ2n) is 3.86. The molecule has 5 nitrogen and oxygen atoms in total. The van der Waals surface area contributed by atoms with Crippen molar-refractivity contribution in [3.05, 3.63) is 22.7 Å². The van der Waals surface area contributed by atoms with Crippen LogP contribution in [0, 0.1) is 0 Å². The average molecular weight is 329 g/mol. The van der Waals surface area contributed by atoms with Crippen molar-refractivity contribution in [1.82, 2.24) is 0 Å². The van der Waals surface area contributed by atoms with E-state index in [9.17, 15) is 18.0 Å². The van der Waals surface area contributed by atoms with Gasteiger partial charge in [0.15, 0.2) is 17.6 Å². The Bertz CT molecular complexity index is 518. The molecule has 0 radical (unpaired) electrons. The number of benzene rings is 1. The van der Waals surface area contributed by atoms with E-state index in [1.54, 1.807) is 0 Å². The number of carbonyl (C=O) groups is 1. The number of hydrogen-bond acceptors (Lipinski definition) is 4. The molecule has 1 aromatic carbocycles. The van der Waals surface area contributed by atoms with Crippen molar-refractivity contribution in [2.75, 3.05) is 20.8 Å². The van der Waals surface area contributed by atoms with E-state index in [0.717, 1.165) is 12.1 Å². The van der Waals surface area contributed by atoms with E-state index < -0.39 is 24.9 Å². The third-order valence-corrected chi connectivity index (χ3v) is 2.71. The van der Waals surface area contributed by atoms with Crippen LogP contribution in [0.3, 0.4) is 0 Å². The lowest BCUT2D eigenvalue weighted by Gasteiger charge is -2.22. The summed E-state index contributed by atoms with van der Waals surface area (Å²) in [6, 6.07) is 2.02. The standard InChI is InChI=1S/C12H12ClF3O5/c1-19-8-4-6(3-7(13)10(8)20-2)11(12(14,15)16)21-5-9(17)18/h3-4,11H,5H2,1-2H3,(H,17,18)/t11-/m0/s1. The summed E-state index contributed by atoms with van der Waals surface area (Å²) in [6.07, 6.45) is -7.25. The Labute approximate surface area is 123 Å². The molecule has 1 aromatic rings. The number of carboxylic acids is 1. The molecule has 118 valence electrons. The van der Waals surface area contributed by atoms with Gasteiger partial charge in [-0.2, -0.15) is 13.2 Å². The predicted molar refractivity (Wildman–Crippen MR) is 66.9 cm³/mol. The van der Waals surface area contributed by atoms with Gasteiger partial charge in [-0.05, 0) is 17.7 Å². The molecule has 0 aliphatic heterocycles. The zero-order valence-electron chi connectivity index (χ0n) is 11.0. The van der Waals surface area contributed by atoms with Gasteiger partial charge in [-0.1, -0.05) is 11.6 Å². The molecule has 0 saturated carbocycles. The SMILES string of the molecule is COc1cc([C@H](OCC(=O)O)C(F)(F)F)cc(Cl)c1OC. The van der Waals surface area contributed by atoms with Crippen LogP contribution in [-0.4, -0.2) is 38.1 Å². The maximum absolute atomic E-state index is 13.0. The summed E-state index contributed by atoms with van der Waals surface area (Å²) in [5.41, 5.74) is -0.383. The lowest BCUT2D eigenvalue weighted by Crippen LogP contribution is -2.26. The number of ether oxygens (including phenoxy) is 3. The smallest absolute Gasteiger partial charge is 0.418 e. The summed E-state index contributed by atoms with van der Waals surface area (Å²) in [4.78, 5) is 10.4. The van der Waals surface area contributed by atoms with Gasteiger partial charge in [-0.25, -0.2) is 4.79 Å². The highest BCUT2D eigenvalue weighted by molar-refractivity contribution is 6.32. The first kappa shape index (κ1) is 17.4. The molecule has 0 spiro atoms. The molecule has 0 amide bonds. The van der Waals surface area contributed by atoms with Gasteiger partial charge in [0.25, 0.3) is 0 Å². The Kier molecular flexibility index (Phi) is 5.68. The first-order valence-electron chi connectivity index (χ1n) is 5.52. The highest BCUT2D eigenvalue weighted by Gasteiger charge is 2.43. The van der Waals surface area contributed by atoms with Crippen molar-refractivity contribution in [2.45, 2.75) is 12.3 Å². The fourth-order valence-electron chi connectivity index (χ4n) is 1.62. The van der Waals surface area contributed by atoms with Gasteiger partial charge in [0.05, 0.1) is 19.2 Å². The summed E-state index contributed by atoms with van der Waals surface area (Å²) in [5.74, 6) is -1.47. The number of rotatable bonds is 6. The zero-order valence-corrected chi connectivity index (χ0v) is 11.8. The van der Waals surface area contributed by atoms with Crippen molar-refractivity contribution in [3.63, 3.8) is 0 Å². The Hall–Kier alpha value is -1.67. The molecule has 21 heavy (non-hydrogen) atoms. The van der Waals surface area contributed by atoms with E-state index in [1.807, 2.05) is 0 Å². The molecule has 9 heteroatoms. The van der Waals surface area contributed by atoms with Crippen LogP contribution >= 0.6 is 11.6 Å². The van der Waals surface area contributed by atoms with Crippen LogP contribution in [0.5, 0.6) is 11.5 Å². The Morgan fingerprint density at radius 2 is 1.95 bits per heavy atom. The summed E-state index contributed by atoms with van der Waals surface area (Å²) >= 11 is 5.83. The largest absolute Gasteiger partial charge is 0.493 e. The number of aliphatic carboxylic acids is 1. The maximum Gasteiger partial charge on any atom is 0.418 e. The van der Waals surface area contributed by atoms with Gasteiger partial charge in [-0.3, -0.25) is 0 Å². The number of hydrogen-bond donors (Lipinski definition) is 1. The third kappa shape index (κ3) is 4.40. The minimum atomic E-state index is -4.81. The molecule has 0 fully saturated rings. The molecule has 0 saturated heterocycles. The maximum atomic E-state index is 13.0. The molecule has 0 aliphatic rings. The molecule has 0 heterocycles. The molecule has 0 aromatic heterocycles.